The molecule has 2 atom stereocenters. The number of nitriles is 1. The fraction of sp³-hybridized carbons (Fsp3) is 0.500. The van der Waals surface area contributed by atoms with E-state index in [1.54, 1.807) is 6.33 Å². The standard InChI is InChI=1S/C16H18N6O/c1-11-8-22(13(23)2-5-17)16(11)4-7-21(9-16)15-12-3-6-18-14(12)19-10-20-15/h3,6,10-11H,2,4,7-9H2,1H3,(H,18,19,20)/t11-,16-/m1/s1. The average molecular weight is 310 g/mol. The Balaban J connectivity index is 1.62. The predicted octanol–water partition coefficient (Wildman–Crippen LogP) is 1.30. The van der Waals surface area contributed by atoms with Crippen molar-refractivity contribution in [3.8, 4) is 6.07 Å². The smallest absolute Gasteiger partial charge is 0.237 e. The minimum atomic E-state index is -0.151. The lowest BCUT2D eigenvalue weighted by molar-refractivity contribution is -0.152. The van der Waals surface area contributed by atoms with Crippen LogP contribution in [-0.4, -0.2) is 50.9 Å². The molecule has 4 rings (SSSR count). The van der Waals surface area contributed by atoms with Crippen LogP contribution in [0.4, 0.5) is 5.82 Å². The minimum absolute atomic E-state index is 0.0377. The van der Waals surface area contributed by atoms with E-state index < -0.39 is 0 Å². The van der Waals surface area contributed by atoms with Crippen molar-refractivity contribution in [1.29, 1.82) is 5.26 Å². The second-order valence-electron chi connectivity index (χ2n) is 6.45. The number of anilines is 1. The molecule has 0 bridgehead atoms. The van der Waals surface area contributed by atoms with Gasteiger partial charge in [-0.2, -0.15) is 5.26 Å². The van der Waals surface area contributed by atoms with Crippen LogP contribution in [0.2, 0.25) is 0 Å². The summed E-state index contributed by atoms with van der Waals surface area (Å²) in [6.45, 7) is 4.56. The molecule has 2 aliphatic heterocycles. The van der Waals surface area contributed by atoms with Crippen molar-refractivity contribution in [3.05, 3.63) is 18.6 Å². The number of hydrogen-bond donors (Lipinski definition) is 1. The highest BCUT2D eigenvalue weighted by Crippen LogP contribution is 2.45. The Hall–Kier alpha value is -2.62. The summed E-state index contributed by atoms with van der Waals surface area (Å²) in [6, 6.07) is 3.96. The van der Waals surface area contributed by atoms with Gasteiger partial charge in [-0.15, -0.1) is 0 Å². The number of fused-ring (bicyclic) bond motifs is 1. The van der Waals surface area contributed by atoms with Gasteiger partial charge in [0.05, 0.1) is 17.0 Å². The van der Waals surface area contributed by atoms with E-state index in [-0.39, 0.29) is 17.9 Å². The molecule has 0 radical (unpaired) electrons. The van der Waals surface area contributed by atoms with E-state index >= 15 is 0 Å². The molecule has 1 spiro atoms. The van der Waals surface area contributed by atoms with Crippen molar-refractivity contribution in [2.75, 3.05) is 24.5 Å². The van der Waals surface area contributed by atoms with Crippen molar-refractivity contribution >= 4 is 22.8 Å². The summed E-state index contributed by atoms with van der Waals surface area (Å²) in [5.74, 6) is 1.31. The molecule has 4 heterocycles. The lowest BCUT2D eigenvalue weighted by Crippen LogP contribution is -2.69. The van der Waals surface area contributed by atoms with Crippen molar-refractivity contribution in [1.82, 2.24) is 19.9 Å². The Labute approximate surface area is 133 Å². The third-order valence-electron chi connectivity index (χ3n) is 5.35. The lowest BCUT2D eigenvalue weighted by Gasteiger charge is -2.55. The summed E-state index contributed by atoms with van der Waals surface area (Å²) in [7, 11) is 0. The van der Waals surface area contributed by atoms with Crippen LogP contribution in [0.1, 0.15) is 19.8 Å². The fourth-order valence-electron chi connectivity index (χ4n) is 4.02. The molecule has 23 heavy (non-hydrogen) atoms. The van der Waals surface area contributed by atoms with Crippen molar-refractivity contribution in [3.63, 3.8) is 0 Å². The van der Waals surface area contributed by atoms with Crippen LogP contribution in [0.15, 0.2) is 18.6 Å². The SMILES string of the molecule is C[C@@H]1CN(C(=O)CC#N)[C@@]12CCN(c1ncnc3[nH]ccc13)C2. The number of nitrogens with one attached hydrogen (secondary N) is 1. The summed E-state index contributed by atoms with van der Waals surface area (Å²) < 4.78 is 0. The molecule has 7 heteroatoms. The molecule has 2 fully saturated rings. The third-order valence-corrected chi connectivity index (χ3v) is 5.35. The predicted molar refractivity (Wildman–Crippen MR) is 84.6 cm³/mol. The average Bonchev–Trinajstić information content (AvgIpc) is 3.20. The quantitative estimate of drug-likeness (QED) is 0.903. The number of hydrogen-bond acceptors (Lipinski definition) is 5. The van der Waals surface area contributed by atoms with Crippen LogP contribution in [-0.2, 0) is 4.79 Å². The molecule has 7 nitrogen and oxygen atoms in total. The van der Waals surface area contributed by atoms with Gasteiger partial charge >= 0.3 is 0 Å². The second-order valence-corrected chi connectivity index (χ2v) is 6.45. The molecule has 0 unspecified atom stereocenters. The number of nitrogens with zero attached hydrogens (tertiary/aromatic N) is 5. The van der Waals surface area contributed by atoms with Crippen LogP contribution in [0, 0.1) is 17.2 Å². The Morgan fingerprint density at radius 3 is 3.22 bits per heavy atom. The van der Waals surface area contributed by atoms with Crippen LogP contribution < -0.4 is 4.90 Å². The summed E-state index contributed by atoms with van der Waals surface area (Å²) >= 11 is 0. The third kappa shape index (κ3) is 1.91. The zero-order valence-electron chi connectivity index (χ0n) is 13.0. The molecule has 1 amide bonds. The van der Waals surface area contributed by atoms with Gasteiger partial charge in [0.25, 0.3) is 0 Å². The highest BCUT2D eigenvalue weighted by atomic mass is 16.2. The van der Waals surface area contributed by atoms with Crippen LogP contribution >= 0.6 is 0 Å². The number of amides is 1. The van der Waals surface area contributed by atoms with Gasteiger partial charge in [-0.1, -0.05) is 6.92 Å². The first-order valence-corrected chi connectivity index (χ1v) is 7.86. The van der Waals surface area contributed by atoms with Gasteiger partial charge in [0.15, 0.2) is 0 Å². The number of H-pyrrole nitrogens is 1. The number of rotatable bonds is 2. The second kappa shape index (κ2) is 4.95. The van der Waals surface area contributed by atoms with Gasteiger partial charge in [0, 0.05) is 25.8 Å². The first kappa shape index (κ1) is 14.0. The fourth-order valence-corrected chi connectivity index (χ4v) is 4.02. The molecular weight excluding hydrogens is 292 g/mol. The number of aromatic nitrogens is 3. The summed E-state index contributed by atoms with van der Waals surface area (Å²) in [6.07, 6.45) is 4.32. The molecule has 118 valence electrons. The van der Waals surface area contributed by atoms with Crippen molar-refractivity contribution in [2.24, 2.45) is 5.92 Å². The van der Waals surface area contributed by atoms with E-state index in [0.717, 1.165) is 42.9 Å². The molecule has 0 aliphatic carbocycles. The monoisotopic (exact) mass is 310 g/mol. The topological polar surface area (TPSA) is 88.9 Å². The molecule has 2 aromatic heterocycles. The van der Waals surface area contributed by atoms with Crippen molar-refractivity contribution in [2.45, 2.75) is 25.3 Å². The number of likely N-dealkylation sites (tertiary alicyclic amines) is 1. The molecule has 1 N–H and O–H groups in total. The van der Waals surface area contributed by atoms with E-state index in [1.165, 1.54) is 0 Å². The maximum Gasteiger partial charge on any atom is 0.237 e. The van der Waals surface area contributed by atoms with E-state index in [2.05, 4.69) is 26.8 Å². The lowest BCUT2D eigenvalue weighted by atomic mass is 9.74. The first-order chi connectivity index (χ1) is 11.2. The zero-order chi connectivity index (χ0) is 16.0. The van der Waals surface area contributed by atoms with Crippen molar-refractivity contribution < 1.29 is 4.79 Å². The van der Waals surface area contributed by atoms with Gasteiger partial charge in [-0.25, -0.2) is 9.97 Å². The van der Waals surface area contributed by atoms with Gasteiger partial charge in [-0.05, 0) is 18.4 Å². The molecule has 0 aromatic carbocycles. The molecule has 0 saturated carbocycles. The number of aromatic amines is 1. The summed E-state index contributed by atoms with van der Waals surface area (Å²) in [5, 5.41) is 9.80. The molecule has 2 aromatic rings. The number of carbonyl (C=O) groups excluding carboxylic acids is 1. The molecule has 2 aliphatic rings. The Bertz CT molecular complexity index is 808. The highest BCUT2D eigenvalue weighted by Gasteiger charge is 2.56. The van der Waals surface area contributed by atoms with E-state index in [0.29, 0.717) is 5.92 Å². The minimum Gasteiger partial charge on any atom is -0.353 e. The maximum absolute atomic E-state index is 12.2. The van der Waals surface area contributed by atoms with E-state index in [9.17, 15) is 4.79 Å². The Morgan fingerprint density at radius 1 is 1.57 bits per heavy atom. The van der Waals surface area contributed by atoms with E-state index in [4.69, 9.17) is 5.26 Å². The van der Waals surface area contributed by atoms with Gasteiger partial charge in [0.1, 0.15) is 24.2 Å². The maximum atomic E-state index is 12.2. The first-order valence-electron chi connectivity index (χ1n) is 7.86. The molecular formula is C16H18N6O. The van der Waals surface area contributed by atoms with Gasteiger partial charge in [-0.3, -0.25) is 4.79 Å². The summed E-state index contributed by atoms with van der Waals surface area (Å²) in [4.78, 5) is 28.1. The van der Waals surface area contributed by atoms with Crippen LogP contribution in [0.5, 0.6) is 0 Å². The normalized spacial score (nSPS) is 26.5. The Morgan fingerprint density at radius 2 is 2.43 bits per heavy atom. The zero-order valence-corrected chi connectivity index (χ0v) is 13.0. The van der Waals surface area contributed by atoms with Crippen LogP contribution in [0.3, 0.4) is 0 Å². The van der Waals surface area contributed by atoms with Gasteiger partial charge in [0.2, 0.25) is 5.91 Å². The van der Waals surface area contributed by atoms with Crippen LogP contribution in [0.25, 0.3) is 11.0 Å². The number of carbonyl (C=O) groups is 1. The highest BCUT2D eigenvalue weighted by molar-refractivity contribution is 5.87. The molecule has 2 saturated heterocycles. The summed E-state index contributed by atoms with van der Waals surface area (Å²) in [5.41, 5.74) is 0.677. The largest absolute Gasteiger partial charge is 0.353 e. The Kier molecular flexibility index (Phi) is 3.01. The van der Waals surface area contributed by atoms with E-state index in [1.807, 2.05) is 23.2 Å². The van der Waals surface area contributed by atoms with Gasteiger partial charge < -0.3 is 14.8 Å².